The zero-order valence-electron chi connectivity index (χ0n) is 20.3. The summed E-state index contributed by atoms with van der Waals surface area (Å²) in [6, 6.07) is 0. The molecule has 0 amide bonds. The van der Waals surface area contributed by atoms with Gasteiger partial charge >= 0.3 is 0 Å². The first-order chi connectivity index (χ1) is 15.6. The Morgan fingerprint density at radius 2 is 0.939 bits per heavy atom. The Morgan fingerprint density at radius 3 is 1.33 bits per heavy atom. The standard InChI is InChI=1S/C25H39F5O2Si/c1-4-5-6-7-8-9-10-11-12-13-14-15-16-17-18-19(31)32-33(2,3)25-23(29)21(27)20(26)22(28)24(25)30/h4-18H2,1-3H3. The second kappa shape index (κ2) is 15.5. The molecular weight excluding hydrogens is 455 g/mol. The van der Waals surface area contributed by atoms with Gasteiger partial charge in [0.25, 0.3) is 14.3 Å². The van der Waals surface area contributed by atoms with Crippen LogP contribution in [0.15, 0.2) is 0 Å². The Balaban J connectivity index is 2.23. The molecule has 0 radical (unpaired) electrons. The lowest BCUT2D eigenvalue weighted by Crippen LogP contribution is -2.51. The molecule has 8 heteroatoms. The lowest BCUT2D eigenvalue weighted by atomic mass is 10.0. The van der Waals surface area contributed by atoms with Crippen molar-refractivity contribution in [3.05, 3.63) is 29.1 Å². The molecule has 0 aliphatic carbocycles. The van der Waals surface area contributed by atoms with Gasteiger partial charge in [0.15, 0.2) is 23.3 Å². The van der Waals surface area contributed by atoms with Crippen molar-refractivity contribution in [2.24, 2.45) is 0 Å². The van der Waals surface area contributed by atoms with Crippen LogP contribution >= 0.6 is 0 Å². The van der Waals surface area contributed by atoms with Gasteiger partial charge in [-0.3, -0.25) is 4.79 Å². The number of rotatable bonds is 17. The normalized spacial score (nSPS) is 11.8. The molecule has 0 spiro atoms. The van der Waals surface area contributed by atoms with Crippen molar-refractivity contribution in [2.45, 2.75) is 116 Å². The van der Waals surface area contributed by atoms with Crippen molar-refractivity contribution in [3.63, 3.8) is 0 Å². The van der Waals surface area contributed by atoms with Gasteiger partial charge in [-0.1, -0.05) is 90.4 Å². The van der Waals surface area contributed by atoms with Crippen LogP contribution in [-0.2, 0) is 9.22 Å². The van der Waals surface area contributed by atoms with Crippen LogP contribution < -0.4 is 5.19 Å². The molecule has 33 heavy (non-hydrogen) atoms. The topological polar surface area (TPSA) is 26.3 Å². The van der Waals surface area contributed by atoms with Crippen molar-refractivity contribution in [1.29, 1.82) is 0 Å². The number of halogens is 5. The summed E-state index contributed by atoms with van der Waals surface area (Å²) in [7, 11) is -3.67. The average Bonchev–Trinajstić information content (AvgIpc) is 2.76. The van der Waals surface area contributed by atoms with E-state index in [0.717, 1.165) is 19.3 Å². The summed E-state index contributed by atoms with van der Waals surface area (Å²) in [5.41, 5.74) is 0. The van der Waals surface area contributed by atoms with E-state index in [1.807, 2.05) is 0 Å². The third kappa shape index (κ3) is 10.1. The van der Waals surface area contributed by atoms with Gasteiger partial charge in [-0.05, 0) is 19.5 Å². The second-order valence-electron chi connectivity index (χ2n) is 9.28. The number of benzene rings is 1. The van der Waals surface area contributed by atoms with Gasteiger partial charge in [0.05, 0.1) is 5.19 Å². The van der Waals surface area contributed by atoms with E-state index in [4.69, 9.17) is 4.43 Å². The van der Waals surface area contributed by atoms with Gasteiger partial charge in [0.1, 0.15) is 0 Å². The number of unbranched alkanes of at least 4 members (excludes halogenated alkanes) is 13. The van der Waals surface area contributed by atoms with Crippen molar-refractivity contribution >= 4 is 19.5 Å². The molecule has 0 fully saturated rings. The highest BCUT2D eigenvalue weighted by molar-refractivity contribution is 6.85. The summed E-state index contributed by atoms with van der Waals surface area (Å²) in [5.74, 6) is -10.8. The van der Waals surface area contributed by atoms with Crippen LogP contribution in [0.25, 0.3) is 0 Å². The van der Waals surface area contributed by atoms with Gasteiger partial charge in [-0.25, -0.2) is 22.0 Å². The van der Waals surface area contributed by atoms with Gasteiger partial charge < -0.3 is 4.43 Å². The molecule has 1 rings (SSSR count). The Kier molecular flexibility index (Phi) is 13.9. The molecule has 0 aliphatic rings. The lowest BCUT2D eigenvalue weighted by molar-refractivity contribution is -0.135. The number of hydrogen-bond acceptors (Lipinski definition) is 2. The summed E-state index contributed by atoms with van der Waals surface area (Å²) in [4.78, 5) is 12.1. The zero-order chi connectivity index (χ0) is 24.9. The van der Waals surface area contributed by atoms with Crippen molar-refractivity contribution in [2.75, 3.05) is 0 Å². The molecule has 0 bridgehead atoms. The van der Waals surface area contributed by atoms with Gasteiger partial charge in [0.2, 0.25) is 5.82 Å². The van der Waals surface area contributed by atoms with E-state index in [1.54, 1.807) is 0 Å². The Hall–Kier alpha value is -1.44. The fraction of sp³-hybridized carbons (Fsp3) is 0.720. The second-order valence-corrected chi connectivity index (χ2v) is 13.0. The predicted molar refractivity (Wildman–Crippen MR) is 124 cm³/mol. The first kappa shape index (κ1) is 29.6. The molecule has 2 nitrogen and oxygen atoms in total. The van der Waals surface area contributed by atoms with Crippen molar-refractivity contribution < 1.29 is 31.2 Å². The monoisotopic (exact) mass is 494 g/mol. The minimum atomic E-state index is -3.67. The Labute approximate surface area is 196 Å². The van der Waals surface area contributed by atoms with E-state index in [1.165, 1.54) is 77.3 Å². The summed E-state index contributed by atoms with van der Waals surface area (Å²) >= 11 is 0. The minimum Gasteiger partial charge on any atom is -0.515 e. The predicted octanol–water partition coefficient (Wildman–Crippen LogP) is 8.21. The van der Waals surface area contributed by atoms with Crippen molar-refractivity contribution in [1.82, 2.24) is 0 Å². The largest absolute Gasteiger partial charge is 0.515 e. The van der Waals surface area contributed by atoms with Crippen LogP contribution in [0, 0.1) is 29.1 Å². The SMILES string of the molecule is CCCCCCCCCCCCCCCCC(=O)O[Si](C)(C)c1c(F)c(F)c(F)c(F)c1F. The van der Waals surface area contributed by atoms with E-state index in [-0.39, 0.29) is 6.42 Å². The van der Waals surface area contributed by atoms with Crippen LogP contribution in [0.5, 0.6) is 0 Å². The smallest absolute Gasteiger partial charge is 0.292 e. The molecule has 0 atom stereocenters. The highest BCUT2D eigenvalue weighted by Crippen LogP contribution is 2.21. The van der Waals surface area contributed by atoms with E-state index in [9.17, 15) is 26.7 Å². The van der Waals surface area contributed by atoms with Crippen molar-refractivity contribution in [3.8, 4) is 0 Å². The molecule has 0 aliphatic heterocycles. The molecule has 0 saturated heterocycles. The first-order valence-corrected chi connectivity index (χ1v) is 15.3. The Morgan fingerprint density at radius 1 is 0.606 bits per heavy atom. The van der Waals surface area contributed by atoms with Crippen LogP contribution in [0.1, 0.15) is 103 Å². The van der Waals surface area contributed by atoms with Crippen LogP contribution in [0.2, 0.25) is 13.1 Å². The summed E-state index contributed by atoms with van der Waals surface area (Å²) in [5, 5.41) is -1.01. The molecule has 1 aromatic carbocycles. The van der Waals surface area contributed by atoms with Gasteiger partial charge in [-0.2, -0.15) is 0 Å². The average molecular weight is 495 g/mol. The number of carbonyl (C=O) groups excluding carboxylic acids is 1. The zero-order valence-corrected chi connectivity index (χ0v) is 21.3. The molecule has 0 unspecified atom stereocenters. The van der Waals surface area contributed by atoms with E-state index in [2.05, 4.69) is 6.92 Å². The Bertz CT molecular complexity index is 711. The third-order valence-corrected chi connectivity index (χ3v) is 8.30. The van der Waals surface area contributed by atoms with Crippen LogP contribution in [0.3, 0.4) is 0 Å². The molecule has 190 valence electrons. The third-order valence-electron chi connectivity index (χ3n) is 5.92. The van der Waals surface area contributed by atoms with Crippen LogP contribution in [0.4, 0.5) is 22.0 Å². The van der Waals surface area contributed by atoms with Gasteiger partial charge in [-0.15, -0.1) is 0 Å². The summed E-state index contributed by atoms with van der Waals surface area (Å²) in [6.45, 7) is 4.71. The van der Waals surface area contributed by atoms with Crippen LogP contribution in [-0.4, -0.2) is 14.3 Å². The molecule has 0 aromatic heterocycles. The molecule has 1 aromatic rings. The molecule has 0 saturated carbocycles. The lowest BCUT2D eigenvalue weighted by Gasteiger charge is -2.24. The summed E-state index contributed by atoms with van der Waals surface area (Å²) in [6.07, 6.45) is 16.4. The summed E-state index contributed by atoms with van der Waals surface area (Å²) < 4.78 is 73.5. The van der Waals surface area contributed by atoms with E-state index in [0.29, 0.717) is 6.42 Å². The fourth-order valence-electron chi connectivity index (χ4n) is 3.98. The highest BCUT2D eigenvalue weighted by Gasteiger charge is 2.40. The number of hydrogen-bond donors (Lipinski definition) is 0. The maximum Gasteiger partial charge on any atom is 0.292 e. The van der Waals surface area contributed by atoms with Gasteiger partial charge in [0, 0.05) is 6.42 Å². The fourth-order valence-corrected chi connectivity index (χ4v) is 6.03. The molecular formula is C25H39F5O2Si. The van der Waals surface area contributed by atoms with E-state index < -0.39 is 48.6 Å². The first-order valence-electron chi connectivity index (χ1n) is 12.4. The molecule has 0 heterocycles. The molecule has 0 N–H and O–H groups in total. The number of carbonyl (C=O) groups is 1. The maximum absolute atomic E-state index is 14.1. The highest BCUT2D eigenvalue weighted by atomic mass is 28.4. The maximum atomic E-state index is 14.1. The van der Waals surface area contributed by atoms with E-state index >= 15 is 0 Å². The quantitative estimate of drug-likeness (QED) is 0.0717. The minimum absolute atomic E-state index is 0.0594.